The maximum absolute atomic E-state index is 5.44. The summed E-state index contributed by atoms with van der Waals surface area (Å²) in [6.45, 7) is 2.92. The van der Waals surface area contributed by atoms with Gasteiger partial charge in [-0.25, -0.2) is 0 Å². The molecule has 0 bridgehead atoms. The van der Waals surface area contributed by atoms with Crippen molar-refractivity contribution in [3.63, 3.8) is 0 Å². The molecule has 1 heterocycles. The highest BCUT2D eigenvalue weighted by atomic mass is 16.4. The van der Waals surface area contributed by atoms with Gasteiger partial charge in [0.05, 0.1) is 6.04 Å². The molecule has 0 amide bonds. The first kappa shape index (κ1) is 10.4. The predicted molar refractivity (Wildman–Crippen MR) is 57.6 cm³/mol. The minimum atomic E-state index is 0.108. The van der Waals surface area contributed by atoms with Crippen LogP contribution in [-0.2, 0) is 0 Å². The average molecular weight is 210 g/mol. The smallest absolute Gasteiger partial charge is 0.315 e. The highest BCUT2D eigenvalue weighted by Crippen LogP contribution is 2.32. The van der Waals surface area contributed by atoms with E-state index in [1.807, 2.05) is 14.0 Å². The van der Waals surface area contributed by atoms with Gasteiger partial charge in [0.2, 0.25) is 5.89 Å². The fraction of sp³-hybridized carbons (Fsp3) is 0.800. The molecule has 1 aliphatic rings. The summed E-state index contributed by atoms with van der Waals surface area (Å²) in [5, 5.41) is 14.1. The Labute approximate surface area is 89.6 Å². The van der Waals surface area contributed by atoms with Crippen molar-refractivity contribution in [2.45, 2.75) is 32.2 Å². The summed E-state index contributed by atoms with van der Waals surface area (Å²) >= 11 is 0. The highest BCUT2D eigenvalue weighted by Gasteiger charge is 2.20. The molecule has 0 aliphatic heterocycles. The van der Waals surface area contributed by atoms with Gasteiger partial charge in [0, 0.05) is 6.54 Å². The van der Waals surface area contributed by atoms with E-state index in [0.717, 1.165) is 12.5 Å². The lowest BCUT2D eigenvalue weighted by atomic mass is 10.3. The SMILES string of the molecule is CNC(C)c1nnc(NCCC2CC2)o1. The first-order valence-corrected chi connectivity index (χ1v) is 5.54. The number of rotatable bonds is 6. The van der Waals surface area contributed by atoms with E-state index in [-0.39, 0.29) is 6.04 Å². The third-order valence-corrected chi connectivity index (χ3v) is 2.77. The molecule has 5 heteroatoms. The van der Waals surface area contributed by atoms with Crippen LogP contribution in [0, 0.1) is 5.92 Å². The molecule has 0 saturated heterocycles. The second-order valence-corrected chi connectivity index (χ2v) is 4.11. The Morgan fingerprint density at radius 3 is 2.93 bits per heavy atom. The fourth-order valence-corrected chi connectivity index (χ4v) is 1.39. The van der Waals surface area contributed by atoms with Crippen molar-refractivity contribution >= 4 is 6.01 Å². The van der Waals surface area contributed by atoms with Gasteiger partial charge in [-0.2, -0.15) is 0 Å². The lowest BCUT2D eigenvalue weighted by Gasteiger charge is -2.02. The van der Waals surface area contributed by atoms with Gasteiger partial charge in [0.1, 0.15) is 0 Å². The largest absolute Gasteiger partial charge is 0.406 e. The third kappa shape index (κ3) is 2.92. The van der Waals surface area contributed by atoms with E-state index in [1.54, 1.807) is 0 Å². The van der Waals surface area contributed by atoms with Gasteiger partial charge in [-0.05, 0) is 26.3 Å². The summed E-state index contributed by atoms with van der Waals surface area (Å²) in [5.41, 5.74) is 0. The quantitative estimate of drug-likeness (QED) is 0.746. The monoisotopic (exact) mass is 210 g/mol. The van der Waals surface area contributed by atoms with Crippen LogP contribution in [0.25, 0.3) is 0 Å². The molecule has 2 N–H and O–H groups in total. The molecule has 0 spiro atoms. The van der Waals surface area contributed by atoms with Crippen LogP contribution >= 0.6 is 0 Å². The van der Waals surface area contributed by atoms with Gasteiger partial charge in [-0.1, -0.05) is 17.9 Å². The summed E-state index contributed by atoms with van der Waals surface area (Å²) in [4.78, 5) is 0. The van der Waals surface area contributed by atoms with Crippen LogP contribution in [0.3, 0.4) is 0 Å². The summed E-state index contributed by atoms with van der Waals surface area (Å²) < 4.78 is 5.44. The van der Waals surface area contributed by atoms with Gasteiger partial charge in [-0.3, -0.25) is 0 Å². The number of hydrogen-bond acceptors (Lipinski definition) is 5. The van der Waals surface area contributed by atoms with Gasteiger partial charge in [0.25, 0.3) is 0 Å². The van der Waals surface area contributed by atoms with E-state index in [9.17, 15) is 0 Å². The Balaban J connectivity index is 1.77. The molecule has 1 atom stereocenters. The molecule has 1 unspecified atom stereocenters. The molecule has 0 radical (unpaired) electrons. The molecule has 0 aromatic carbocycles. The standard InChI is InChI=1S/C10H18N4O/c1-7(11-2)9-13-14-10(15-9)12-6-5-8-3-4-8/h7-8,11H,3-6H2,1-2H3,(H,12,14). The molecule has 1 aliphatic carbocycles. The minimum absolute atomic E-state index is 0.108. The summed E-state index contributed by atoms with van der Waals surface area (Å²) in [6.07, 6.45) is 3.97. The normalized spacial score (nSPS) is 17.7. The topological polar surface area (TPSA) is 63.0 Å². The summed E-state index contributed by atoms with van der Waals surface area (Å²) in [6, 6.07) is 0.643. The second kappa shape index (κ2) is 4.61. The van der Waals surface area contributed by atoms with Crippen molar-refractivity contribution < 1.29 is 4.42 Å². The number of nitrogens with zero attached hydrogens (tertiary/aromatic N) is 2. The first-order chi connectivity index (χ1) is 7.29. The van der Waals surface area contributed by atoms with Gasteiger partial charge >= 0.3 is 6.01 Å². The molecule has 1 saturated carbocycles. The number of aromatic nitrogens is 2. The molecule has 84 valence electrons. The molecule has 1 aromatic heterocycles. The van der Waals surface area contributed by atoms with Crippen LogP contribution < -0.4 is 10.6 Å². The zero-order valence-electron chi connectivity index (χ0n) is 9.29. The molecule has 2 rings (SSSR count). The molecule has 5 nitrogen and oxygen atoms in total. The van der Waals surface area contributed by atoms with Gasteiger partial charge in [0.15, 0.2) is 0 Å². The first-order valence-electron chi connectivity index (χ1n) is 5.54. The van der Waals surface area contributed by atoms with E-state index in [2.05, 4.69) is 20.8 Å². The van der Waals surface area contributed by atoms with Crippen LogP contribution in [0.5, 0.6) is 0 Å². The van der Waals surface area contributed by atoms with Crippen LogP contribution in [0.2, 0.25) is 0 Å². The molecule has 1 aromatic rings. The number of nitrogens with one attached hydrogen (secondary N) is 2. The van der Waals surface area contributed by atoms with E-state index >= 15 is 0 Å². The van der Waals surface area contributed by atoms with E-state index in [4.69, 9.17) is 4.42 Å². The zero-order chi connectivity index (χ0) is 10.7. The minimum Gasteiger partial charge on any atom is -0.406 e. The maximum Gasteiger partial charge on any atom is 0.315 e. The number of hydrogen-bond donors (Lipinski definition) is 2. The van der Waals surface area contributed by atoms with Crippen molar-refractivity contribution in [1.82, 2.24) is 15.5 Å². The van der Waals surface area contributed by atoms with Crippen molar-refractivity contribution in [3.8, 4) is 0 Å². The summed E-state index contributed by atoms with van der Waals surface area (Å²) in [5.74, 6) is 1.56. The van der Waals surface area contributed by atoms with E-state index in [0.29, 0.717) is 11.9 Å². The Morgan fingerprint density at radius 2 is 2.27 bits per heavy atom. The second-order valence-electron chi connectivity index (χ2n) is 4.11. The molecule has 1 fully saturated rings. The fourth-order valence-electron chi connectivity index (χ4n) is 1.39. The Bertz CT molecular complexity index is 308. The lowest BCUT2D eigenvalue weighted by Crippen LogP contribution is -2.12. The molecule has 15 heavy (non-hydrogen) atoms. The summed E-state index contributed by atoms with van der Waals surface area (Å²) in [7, 11) is 1.87. The average Bonchev–Trinajstić information content (AvgIpc) is 2.94. The van der Waals surface area contributed by atoms with Gasteiger partial charge < -0.3 is 15.1 Å². The van der Waals surface area contributed by atoms with E-state index in [1.165, 1.54) is 19.3 Å². The highest BCUT2D eigenvalue weighted by molar-refractivity contribution is 5.17. The van der Waals surface area contributed by atoms with Crippen LogP contribution in [0.15, 0.2) is 4.42 Å². The van der Waals surface area contributed by atoms with Crippen LogP contribution in [0.1, 0.15) is 38.1 Å². The van der Waals surface area contributed by atoms with Crippen molar-refractivity contribution in [3.05, 3.63) is 5.89 Å². The van der Waals surface area contributed by atoms with Crippen molar-refractivity contribution in [2.24, 2.45) is 5.92 Å². The number of anilines is 1. The Hall–Kier alpha value is -1.10. The third-order valence-electron chi connectivity index (χ3n) is 2.77. The molecular formula is C10H18N4O. The molecular weight excluding hydrogens is 192 g/mol. The Kier molecular flexibility index (Phi) is 3.20. The van der Waals surface area contributed by atoms with Crippen molar-refractivity contribution in [1.29, 1.82) is 0 Å². The zero-order valence-corrected chi connectivity index (χ0v) is 9.29. The van der Waals surface area contributed by atoms with Crippen LogP contribution in [0.4, 0.5) is 6.01 Å². The lowest BCUT2D eigenvalue weighted by molar-refractivity contribution is 0.440. The predicted octanol–water partition coefficient (Wildman–Crippen LogP) is 1.56. The Morgan fingerprint density at radius 1 is 1.47 bits per heavy atom. The van der Waals surface area contributed by atoms with Crippen molar-refractivity contribution in [2.75, 3.05) is 18.9 Å². The van der Waals surface area contributed by atoms with Crippen LogP contribution in [-0.4, -0.2) is 23.8 Å². The van der Waals surface area contributed by atoms with Gasteiger partial charge in [-0.15, -0.1) is 5.10 Å². The van der Waals surface area contributed by atoms with E-state index < -0.39 is 0 Å². The maximum atomic E-state index is 5.44.